The zero-order valence-corrected chi connectivity index (χ0v) is 9.68. The van der Waals surface area contributed by atoms with E-state index in [1.807, 2.05) is 19.1 Å². The van der Waals surface area contributed by atoms with Crippen LogP contribution in [0.15, 0.2) is 21.1 Å². The second-order valence-electron chi connectivity index (χ2n) is 2.62. The predicted molar refractivity (Wildman–Crippen MR) is 56.1 cm³/mol. The molecule has 1 rings (SSSR count). The molecule has 2 nitrogen and oxygen atoms in total. The normalized spacial score (nSPS) is 13.0. The smallest absolute Gasteiger partial charge is 0.143 e. The van der Waals surface area contributed by atoms with Crippen LogP contribution in [0.1, 0.15) is 18.5 Å². The van der Waals surface area contributed by atoms with Gasteiger partial charge in [0.25, 0.3) is 0 Å². The Kier molecular flexibility index (Phi) is 3.15. The summed E-state index contributed by atoms with van der Waals surface area (Å²) in [6, 6.07) is 3.59. The van der Waals surface area contributed by atoms with E-state index in [1.54, 1.807) is 0 Å². The lowest BCUT2D eigenvalue weighted by molar-refractivity contribution is 0.468. The van der Waals surface area contributed by atoms with E-state index in [4.69, 9.17) is 5.73 Å². The van der Waals surface area contributed by atoms with Crippen molar-refractivity contribution in [2.75, 3.05) is 0 Å². The number of phenolic OH excluding ortho intramolecular Hbond substituents is 1. The van der Waals surface area contributed by atoms with Crippen molar-refractivity contribution in [1.29, 1.82) is 0 Å². The number of hydrogen-bond donors (Lipinski definition) is 2. The van der Waals surface area contributed by atoms with Crippen LogP contribution in [0.5, 0.6) is 5.75 Å². The van der Waals surface area contributed by atoms with E-state index in [0.717, 1.165) is 5.56 Å². The van der Waals surface area contributed by atoms with Crippen LogP contribution in [-0.2, 0) is 0 Å². The summed E-state index contributed by atoms with van der Waals surface area (Å²) in [5.74, 6) is 0.208. The van der Waals surface area contributed by atoms with Crippen LogP contribution >= 0.6 is 31.9 Å². The van der Waals surface area contributed by atoms with E-state index < -0.39 is 0 Å². The Bertz CT molecular complexity index is 276. The molecule has 0 aliphatic carbocycles. The van der Waals surface area contributed by atoms with Crippen LogP contribution in [0.2, 0.25) is 0 Å². The third kappa shape index (κ3) is 2.00. The Balaban J connectivity index is 3.21. The van der Waals surface area contributed by atoms with Gasteiger partial charge < -0.3 is 10.8 Å². The average molecular weight is 295 g/mol. The van der Waals surface area contributed by atoms with Gasteiger partial charge in [0.15, 0.2) is 0 Å². The van der Waals surface area contributed by atoms with Crippen molar-refractivity contribution in [2.24, 2.45) is 5.73 Å². The number of rotatable bonds is 1. The zero-order valence-electron chi connectivity index (χ0n) is 6.51. The quantitative estimate of drug-likeness (QED) is 0.836. The summed E-state index contributed by atoms with van der Waals surface area (Å²) in [7, 11) is 0. The van der Waals surface area contributed by atoms with Gasteiger partial charge in [0.1, 0.15) is 5.75 Å². The van der Waals surface area contributed by atoms with Gasteiger partial charge in [-0.25, -0.2) is 0 Å². The molecule has 4 heteroatoms. The highest BCUT2D eigenvalue weighted by Gasteiger charge is 2.07. The highest BCUT2D eigenvalue weighted by Crippen LogP contribution is 2.34. The lowest BCUT2D eigenvalue weighted by atomic mass is 10.1. The molecule has 0 aliphatic heterocycles. The molecule has 0 saturated heterocycles. The molecule has 12 heavy (non-hydrogen) atoms. The standard InChI is InChI=1S/C8H9Br2NO/c1-4(11)5-2-6(9)8(12)7(10)3-5/h2-4,12H,11H2,1H3. The van der Waals surface area contributed by atoms with Gasteiger partial charge in [-0.15, -0.1) is 0 Å². The first-order valence-corrected chi connectivity index (χ1v) is 5.04. The molecular weight excluding hydrogens is 286 g/mol. The van der Waals surface area contributed by atoms with E-state index in [9.17, 15) is 5.11 Å². The van der Waals surface area contributed by atoms with E-state index in [-0.39, 0.29) is 11.8 Å². The first-order chi connectivity index (χ1) is 5.52. The molecule has 1 atom stereocenters. The predicted octanol–water partition coefficient (Wildman–Crippen LogP) is 2.94. The first kappa shape index (κ1) is 10.0. The third-order valence-electron chi connectivity index (χ3n) is 1.57. The van der Waals surface area contributed by atoms with Crippen molar-refractivity contribution in [3.63, 3.8) is 0 Å². The van der Waals surface area contributed by atoms with Gasteiger partial charge in [-0.05, 0) is 56.5 Å². The molecule has 0 saturated carbocycles. The SMILES string of the molecule is CC(N)c1cc(Br)c(O)c(Br)c1. The fraction of sp³-hybridized carbons (Fsp3) is 0.250. The minimum Gasteiger partial charge on any atom is -0.506 e. The van der Waals surface area contributed by atoms with Gasteiger partial charge in [0, 0.05) is 6.04 Å². The molecule has 0 heterocycles. The fourth-order valence-corrected chi connectivity index (χ4v) is 2.07. The minimum atomic E-state index is -0.0294. The molecule has 0 amide bonds. The van der Waals surface area contributed by atoms with Gasteiger partial charge in [-0.1, -0.05) is 0 Å². The lowest BCUT2D eigenvalue weighted by Gasteiger charge is -2.08. The highest BCUT2D eigenvalue weighted by molar-refractivity contribution is 9.11. The summed E-state index contributed by atoms with van der Waals surface area (Å²) < 4.78 is 1.31. The Hall–Kier alpha value is -0.0600. The second-order valence-corrected chi connectivity index (χ2v) is 4.33. The van der Waals surface area contributed by atoms with Crippen molar-refractivity contribution >= 4 is 31.9 Å². The van der Waals surface area contributed by atoms with Crippen molar-refractivity contribution in [3.05, 3.63) is 26.6 Å². The summed E-state index contributed by atoms with van der Waals surface area (Å²) in [5, 5.41) is 9.38. The lowest BCUT2D eigenvalue weighted by Crippen LogP contribution is -2.04. The summed E-state index contributed by atoms with van der Waals surface area (Å²) in [4.78, 5) is 0. The van der Waals surface area contributed by atoms with Gasteiger partial charge >= 0.3 is 0 Å². The van der Waals surface area contributed by atoms with Crippen LogP contribution in [0.3, 0.4) is 0 Å². The summed E-state index contributed by atoms with van der Waals surface area (Å²) in [6.07, 6.45) is 0. The van der Waals surface area contributed by atoms with Crippen LogP contribution < -0.4 is 5.73 Å². The van der Waals surface area contributed by atoms with Crippen molar-refractivity contribution in [1.82, 2.24) is 0 Å². The van der Waals surface area contributed by atoms with E-state index in [1.165, 1.54) is 0 Å². The number of halogens is 2. The second kappa shape index (κ2) is 3.77. The molecule has 0 aromatic heterocycles. The molecular formula is C8H9Br2NO. The molecule has 66 valence electrons. The molecule has 0 bridgehead atoms. The molecule has 1 aromatic rings. The molecule has 1 aromatic carbocycles. The third-order valence-corrected chi connectivity index (χ3v) is 2.77. The maximum absolute atomic E-state index is 9.38. The molecule has 1 unspecified atom stereocenters. The Labute approximate surface area is 88.0 Å². The number of benzene rings is 1. The zero-order chi connectivity index (χ0) is 9.30. The van der Waals surface area contributed by atoms with Crippen LogP contribution in [0.4, 0.5) is 0 Å². The molecule has 0 aliphatic rings. The average Bonchev–Trinajstić information content (AvgIpc) is 1.99. The maximum atomic E-state index is 9.38. The monoisotopic (exact) mass is 293 g/mol. The summed E-state index contributed by atoms with van der Waals surface area (Å²) in [5.41, 5.74) is 6.66. The fourth-order valence-electron chi connectivity index (χ4n) is 0.848. The van der Waals surface area contributed by atoms with E-state index in [0.29, 0.717) is 8.95 Å². The van der Waals surface area contributed by atoms with Gasteiger partial charge in [-0.3, -0.25) is 0 Å². The molecule has 0 fully saturated rings. The highest BCUT2D eigenvalue weighted by atomic mass is 79.9. The minimum absolute atomic E-state index is 0.0294. The molecule has 3 N–H and O–H groups in total. The Morgan fingerprint density at radius 3 is 2.08 bits per heavy atom. The number of phenols is 1. The number of aromatic hydroxyl groups is 1. The Morgan fingerprint density at radius 1 is 1.33 bits per heavy atom. The van der Waals surface area contributed by atoms with Gasteiger partial charge in [-0.2, -0.15) is 0 Å². The molecule has 0 radical (unpaired) electrons. The summed E-state index contributed by atoms with van der Waals surface area (Å²) in [6.45, 7) is 1.89. The Morgan fingerprint density at radius 2 is 1.75 bits per heavy atom. The topological polar surface area (TPSA) is 46.2 Å². The van der Waals surface area contributed by atoms with Crippen LogP contribution in [-0.4, -0.2) is 5.11 Å². The summed E-state index contributed by atoms with van der Waals surface area (Å²) >= 11 is 6.46. The number of hydrogen-bond acceptors (Lipinski definition) is 2. The van der Waals surface area contributed by atoms with E-state index >= 15 is 0 Å². The molecule has 0 spiro atoms. The van der Waals surface area contributed by atoms with Crippen molar-refractivity contribution in [3.8, 4) is 5.75 Å². The number of nitrogens with two attached hydrogens (primary N) is 1. The van der Waals surface area contributed by atoms with Crippen LogP contribution in [0.25, 0.3) is 0 Å². The van der Waals surface area contributed by atoms with Gasteiger partial charge in [0.2, 0.25) is 0 Å². The van der Waals surface area contributed by atoms with E-state index in [2.05, 4.69) is 31.9 Å². The first-order valence-electron chi connectivity index (χ1n) is 3.46. The van der Waals surface area contributed by atoms with Crippen LogP contribution in [0, 0.1) is 0 Å². The van der Waals surface area contributed by atoms with Crippen molar-refractivity contribution < 1.29 is 5.11 Å². The van der Waals surface area contributed by atoms with Crippen molar-refractivity contribution in [2.45, 2.75) is 13.0 Å². The largest absolute Gasteiger partial charge is 0.506 e. The van der Waals surface area contributed by atoms with Gasteiger partial charge in [0.05, 0.1) is 8.95 Å². The maximum Gasteiger partial charge on any atom is 0.143 e.